The van der Waals surface area contributed by atoms with Crippen molar-refractivity contribution in [3.05, 3.63) is 83.8 Å². The molecule has 0 fully saturated rings. The summed E-state index contributed by atoms with van der Waals surface area (Å²) in [5.74, 6) is -0.391. The van der Waals surface area contributed by atoms with Gasteiger partial charge in [-0.15, -0.1) is 0 Å². The van der Waals surface area contributed by atoms with Crippen LogP contribution in [0.1, 0.15) is 42.0 Å². The van der Waals surface area contributed by atoms with Gasteiger partial charge in [0, 0.05) is 35.6 Å². The molecule has 0 atom stereocenters. The quantitative estimate of drug-likeness (QED) is 0.363. The molecular formula is C27H27FN6O3. The number of nitrogens with zero attached hydrogens (tertiary/aromatic N) is 5. The predicted molar refractivity (Wildman–Crippen MR) is 138 cm³/mol. The molecule has 0 aliphatic rings. The molecule has 1 amide bonds. The fourth-order valence-corrected chi connectivity index (χ4v) is 3.62. The van der Waals surface area contributed by atoms with Crippen LogP contribution in [0, 0.1) is 11.3 Å². The van der Waals surface area contributed by atoms with E-state index in [1.54, 1.807) is 48.5 Å². The Hall–Kier alpha value is -4.78. The van der Waals surface area contributed by atoms with Crippen LogP contribution in [0.25, 0.3) is 11.0 Å². The highest BCUT2D eigenvalue weighted by atomic mass is 19.3. The van der Waals surface area contributed by atoms with Crippen molar-refractivity contribution in [2.75, 3.05) is 16.8 Å². The topological polar surface area (TPSA) is 113 Å². The summed E-state index contributed by atoms with van der Waals surface area (Å²) in [6, 6.07) is 19.4. The molecule has 0 unspecified atom stereocenters. The molecular weight excluding hydrogens is 475 g/mol. The summed E-state index contributed by atoms with van der Waals surface area (Å²) >= 11 is 0. The van der Waals surface area contributed by atoms with E-state index in [2.05, 4.69) is 26.3 Å². The maximum absolute atomic E-state index is 13.3. The van der Waals surface area contributed by atoms with Crippen LogP contribution in [-0.2, 0) is 23.3 Å². The van der Waals surface area contributed by atoms with E-state index in [1.165, 1.54) is 11.1 Å². The van der Waals surface area contributed by atoms with E-state index in [4.69, 9.17) is 5.26 Å². The summed E-state index contributed by atoms with van der Waals surface area (Å²) in [6.45, 7) is 4.34. The maximum atomic E-state index is 13.3. The van der Waals surface area contributed by atoms with Crippen LogP contribution in [0.3, 0.4) is 0 Å². The van der Waals surface area contributed by atoms with Gasteiger partial charge in [0.2, 0.25) is 0 Å². The molecule has 2 heterocycles. The molecule has 0 saturated carbocycles. The average molecular weight is 503 g/mol. The highest BCUT2D eigenvalue weighted by molar-refractivity contribution is 6.07. The monoisotopic (exact) mass is 502 g/mol. The maximum Gasteiger partial charge on any atom is 0.350 e. The first-order chi connectivity index (χ1) is 18.0. The Kier molecular flexibility index (Phi) is 9.27. The molecule has 0 spiro atoms. The van der Waals surface area contributed by atoms with Gasteiger partial charge in [-0.2, -0.15) is 5.26 Å². The van der Waals surface area contributed by atoms with Crippen LogP contribution >= 0.6 is 0 Å². The summed E-state index contributed by atoms with van der Waals surface area (Å²) in [6.07, 6.45) is 1.20. The molecule has 190 valence electrons. The zero-order valence-electron chi connectivity index (χ0n) is 20.8. The molecule has 4 rings (SSSR count). The van der Waals surface area contributed by atoms with Gasteiger partial charge in [-0.3, -0.25) is 14.6 Å². The Morgan fingerprint density at radius 1 is 1.14 bits per heavy atom. The Bertz CT molecular complexity index is 1400. The first-order valence-corrected chi connectivity index (χ1v) is 11.7. The summed E-state index contributed by atoms with van der Waals surface area (Å²) in [7, 11) is 1.88. The van der Waals surface area contributed by atoms with Crippen molar-refractivity contribution < 1.29 is 19.1 Å². The number of fused-ring (bicyclic) bond motifs is 1. The summed E-state index contributed by atoms with van der Waals surface area (Å²) in [4.78, 5) is 38.0. The molecule has 0 saturated heterocycles. The van der Waals surface area contributed by atoms with E-state index in [0.717, 1.165) is 17.0 Å². The summed E-state index contributed by atoms with van der Waals surface area (Å²) in [5, 5.41) is 12.2. The third-order valence-corrected chi connectivity index (χ3v) is 5.48. The summed E-state index contributed by atoms with van der Waals surface area (Å²) in [5.41, 5.74) is 3.24. The number of carbonyl (C=O) groups excluding carboxylic acids is 2. The lowest BCUT2D eigenvalue weighted by molar-refractivity contribution is -0.183. The van der Waals surface area contributed by atoms with Crippen LogP contribution < -0.4 is 10.2 Å². The van der Waals surface area contributed by atoms with Gasteiger partial charge in [0.15, 0.2) is 0 Å². The van der Waals surface area contributed by atoms with E-state index in [9.17, 15) is 14.1 Å². The lowest BCUT2D eigenvalue weighted by Crippen LogP contribution is -2.33. The predicted octanol–water partition coefficient (Wildman–Crippen LogP) is 4.94. The number of imidazole rings is 1. The van der Waals surface area contributed by atoms with E-state index in [-0.39, 0.29) is 13.0 Å². The van der Waals surface area contributed by atoms with Gasteiger partial charge in [-0.1, -0.05) is 19.9 Å². The van der Waals surface area contributed by atoms with Gasteiger partial charge < -0.3 is 9.88 Å². The van der Waals surface area contributed by atoms with Crippen molar-refractivity contribution >= 4 is 34.4 Å². The Morgan fingerprint density at radius 3 is 2.54 bits per heavy atom. The number of rotatable bonds is 8. The highest BCUT2D eigenvalue weighted by Crippen LogP contribution is 2.21. The fraction of sp³-hybridized carbons (Fsp3) is 0.222. The molecule has 0 bridgehead atoms. The number of hydrogen-bond acceptors (Lipinski definition) is 7. The van der Waals surface area contributed by atoms with E-state index >= 15 is 0 Å². The van der Waals surface area contributed by atoms with Crippen molar-refractivity contribution in [2.24, 2.45) is 7.05 Å². The second kappa shape index (κ2) is 12.8. The van der Waals surface area contributed by atoms with Gasteiger partial charge in [-0.25, -0.2) is 14.8 Å². The number of anilines is 2. The Balaban J connectivity index is 0.00000186. The minimum absolute atomic E-state index is 0.0986. The first-order valence-electron chi connectivity index (χ1n) is 11.7. The van der Waals surface area contributed by atoms with Crippen LogP contribution in [0.5, 0.6) is 0 Å². The average Bonchev–Trinajstić information content (AvgIpc) is 3.28. The number of nitrogens with one attached hydrogen (secondary N) is 1. The standard InChI is InChI=1S/C25H21FN6O3.C2H6/c1-31-21-10-7-18(25(34)32(13-11-24(33)35-26)22-4-2-3-12-28-22)14-20(21)30-23(31)16-29-19-8-5-17(15-27)6-9-19;1-2/h2-10,12,14,29H,11,13,16H2,1H3;1-2H3. The van der Waals surface area contributed by atoms with Crippen molar-refractivity contribution in [3.63, 3.8) is 0 Å². The number of nitriles is 1. The number of amides is 1. The van der Waals surface area contributed by atoms with Gasteiger partial charge in [0.1, 0.15) is 11.6 Å². The second-order valence-corrected chi connectivity index (χ2v) is 7.68. The number of pyridine rings is 1. The fourth-order valence-electron chi connectivity index (χ4n) is 3.62. The number of aromatic nitrogens is 3. The van der Waals surface area contributed by atoms with Crippen molar-refractivity contribution in [3.8, 4) is 6.07 Å². The minimum atomic E-state index is -1.07. The molecule has 10 heteroatoms. The van der Waals surface area contributed by atoms with Crippen molar-refractivity contribution in [1.82, 2.24) is 14.5 Å². The highest BCUT2D eigenvalue weighted by Gasteiger charge is 2.21. The number of halogens is 1. The number of hydrogen-bond donors (Lipinski definition) is 1. The van der Waals surface area contributed by atoms with Crippen LogP contribution in [0.15, 0.2) is 66.9 Å². The zero-order valence-corrected chi connectivity index (χ0v) is 20.8. The Labute approximate surface area is 214 Å². The second-order valence-electron chi connectivity index (χ2n) is 7.68. The minimum Gasteiger partial charge on any atom is -0.378 e. The third-order valence-electron chi connectivity index (χ3n) is 5.48. The molecule has 9 nitrogen and oxygen atoms in total. The smallest absolute Gasteiger partial charge is 0.350 e. The van der Waals surface area contributed by atoms with E-state index in [1.807, 2.05) is 37.6 Å². The molecule has 4 aromatic rings. The number of aryl methyl sites for hydroxylation is 1. The van der Waals surface area contributed by atoms with Gasteiger partial charge >= 0.3 is 5.97 Å². The summed E-state index contributed by atoms with van der Waals surface area (Å²) < 4.78 is 14.1. The van der Waals surface area contributed by atoms with E-state index in [0.29, 0.717) is 29.0 Å². The third kappa shape index (κ3) is 6.46. The number of benzene rings is 2. The molecule has 37 heavy (non-hydrogen) atoms. The zero-order chi connectivity index (χ0) is 26.8. The first kappa shape index (κ1) is 26.8. The van der Waals surface area contributed by atoms with Crippen molar-refractivity contribution in [2.45, 2.75) is 26.8 Å². The normalized spacial score (nSPS) is 10.1. The van der Waals surface area contributed by atoms with Gasteiger partial charge in [0.05, 0.1) is 35.6 Å². The molecule has 0 aliphatic carbocycles. The van der Waals surface area contributed by atoms with Crippen molar-refractivity contribution in [1.29, 1.82) is 5.26 Å². The van der Waals surface area contributed by atoms with Gasteiger partial charge in [0.25, 0.3) is 5.91 Å². The molecule has 0 aliphatic heterocycles. The number of carbonyl (C=O) groups is 2. The van der Waals surface area contributed by atoms with Crippen LogP contribution in [-0.4, -0.2) is 33.0 Å². The SMILES string of the molecule is CC.Cn1c(CNc2ccc(C#N)cc2)nc2cc(C(=O)N(CCC(=O)OF)c3ccccn3)ccc21. The largest absolute Gasteiger partial charge is 0.378 e. The Morgan fingerprint density at radius 2 is 1.89 bits per heavy atom. The van der Waals surface area contributed by atoms with Crippen LogP contribution in [0.4, 0.5) is 16.0 Å². The lowest BCUT2D eigenvalue weighted by Gasteiger charge is -2.21. The molecule has 1 N–H and O–H groups in total. The molecule has 2 aromatic heterocycles. The lowest BCUT2D eigenvalue weighted by atomic mass is 10.1. The van der Waals surface area contributed by atoms with Crippen LogP contribution in [0.2, 0.25) is 0 Å². The van der Waals surface area contributed by atoms with Gasteiger partial charge in [-0.05, 0) is 54.6 Å². The molecule has 2 aromatic carbocycles. The molecule has 0 radical (unpaired) electrons. The van der Waals surface area contributed by atoms with E-state index < -0.39 is 11.9 Å².